The van der Waals surface area contributed by atoms with Crippen molar-refractivity contribution in [1.82, 2.24) is 9.97 Å². The lowest BCUT2D eigenvalue weighted by atomic mass is 9.99. The van der Waals surface area contributed by atoms with Gasteiger partial charge in [0.2, 0.25) is 0 Å². The predicted octanol–water partition coefficient (Wildman–Crippen LogP) is 2.66. The van der Waals surface area contributed by atoms with Gasteiger partial charge >= 0.3 is 0 Å². The number of nitrogens with one attached hydrogen (secondary N) is 1. The molecule has 0 saturated carbocycles. The van der Waals surface area contributed by atoms with Gasteiger partial charge in [-0.1, -0.05) is 41.9 Å². The second-order valence-electron chi connectivity index (χ2n) is 4.40. The highest BCUT2D eigenvalue weighted by molar-refractivity contribution is 6.32. The fourth-order valence-electron chi connectivity index (χ4n) is 2.20. The van der Waals surface area contributed by atoms with Gasteiger partial charge in [0.1, 0.15) is 6.10 Å². The quantitative estimate of drug-likeness (QED) is 0.761. The van der Waals surface area contributed by atoms with E-state index in [2.05, 4.69) is 9.97 Å². The summed E-state index contributed by atoms with van der Waals surface area (Å²) in [4.78, 5) is 18.4. The first-order valence-electron chi connectivity index (χ1n) is 6.07. The Morgan fingerprint density at radius 2 is 1.90 bits per heavy atom. The molecular weight excluding hydrogens is 276 g/mol. The second kappa shape index (κ2) is 5.07. The molecule has 3 rings (SSSR count). The summed E-state index contributed by atoms with van der Waals surface area (Å²) in [5.74, 6) is 0. The number of aliphatic hydroxyl groups excluding tert-OH is 1. The molecule has 0 aliphatic carbocycles. The normalized spacial score (nSPS) is 12.5. The van der Waals surface area contributed by atoms with Gasteiger partial charge in [-0.25, -0.2) is 4.98 Å². The molecule has 100 valence electrons. The van der Waals surface area contributed by atoms with E-state index >= 15 is 0 Å². The lowest BCUT2D eigenvalue weighted by Crippen LogP contribution is -2.10. The number of rotatable bonds is 2. The average molecular weight is 287 g/mol. The van der Waals surface area contributed by atoms with Crippen LogP contribution in [0, 0.1) is 0 Å². The number of fused-ring (bicyclic) bond motifs is 1. The van der Waals surface area contributed by atoms with Crippen molar-refractivity contribution in [2.75, 3.05) is 0 Å². The van der Waals surface area contributed by atoms with Crippen LogP contribution in [0.5, 0.6) is 0 Å². The van der Waals surface area contributed by atoms with Gasteiger partial charge in [-0.05, 0) is 17.7 Å². The van der Waals surface area contributed by atoms with Crippen molar-refractivity contribution in [2.24, 2.45) is 0 Å². The van der Waals surface area contributed by atoms with Crippen LogP contribution in [-0.2, 0) is 0 Å². The van der Waals surface area contributed by atoms with E-state index in [0.29, 0.717) is 27.1 Å². The molecule has 2 N–H and O–H groups in total. The maximum absolute atomic E-state index is 11.8. The van der Waals surface area contributed by atoms with Gasteiger partial charge in [0.25, 0.3) is 5.56 Å². The number of halogens is 1. The Balaban J connectivity index is 2.28. The van der Waals surface area contributed by atoms with Crippen molar-refractivity contribution < 1.29 is 5.11 Å². The smallest absolute Gasteiger partial charge is 0.258 e. The first kappa shape index (κ1) is 12.8. The third-order valence-electron chi connectivity index (χ3n) is 3.19. The van der Waals surface area contributed by atoms with E-state index in [0.717, 1.165) is 0 Å². The van der Waals surface area contributed by atoms with E-state index in [1.54, 1.807) is 24.3 Å². The lowest BCUT2D eigenvalue weighted by molar-refractivity contribution is 0.222. The van der Waals surface area contributed by atoms with Gasteiger partial charge in [0, 0.05) is 10.6 Å². The van der Waals surface area contributed by atoms with Crippen LogP contribution in [0.1, 0.15) is 17.2 Å². The SMILES string of the molecule is O=c1[nH]cnc2c(C(O)c3ccccc3)c(Cl)ccc12. The van der Waals surface area contributed by atoms with Crippen LogP contribution in [-0.4, -0.2) is 15.1 Å². The molecule has 3 aromatic rings. The lowest BCUT2D eigenvalue weighted by Gasteiger charge is -2.14. The molecule has 0 amide bonds. The molecule has 4 nitrogen and oxygen atoms in total. The summed E-state index contributed by atoms with van der Waals surface area (Å²) in [5.41, 5.74) is 1.30. The number of hydrogen-bond acceptors (Lipinski definition) is 3. The zero-order valence-corrected chi connectivity index (χ0v) is 11.1. The van der Waals surface area contributed by atoms with E-state index in [4.69, 9.17) is 11.6 Å². The number of nitrogens with zero attached hydrogens (tertiary/aromatic N) is 1. The average Bonchev–Trinajstić information content (AvgIpc) is 2.48. The number of aliphatic hydroxyl groups is 1. The van der Waals surface area contributed by atoms with Crippen LogP contribution >= 0.6 is 11.6 Å². The molecular formula is C15H11ClN2O2. The number of H-pyrrole nitrogens is 1. The van der Waals surface area contributed by atoms with E-state index in [-0.39, 0.29) is 5.56 Å². The Bertz CT molecular complexity index is 815. The van der Waals surface area contributed by atoms with Crippen LogP contribution in [0.3, 0.4) is 0 Å². The summed E-state index contributed by atoms with van der Waals surface area (Å²) in [6, 6.07) is 12.3. The van der Waals surface area contributed by atoms with Crippen molar-refractivity contribution in [3.63, 3.8) is 0 Å². The van der Waals surface area contributed by atoms with Gasteiger partial charge in [-0.15, -0.1) is 0 Å². The third-order valence-corrected chi connectivity index (χ3v) is 3.52. The second-order valence-corrected chi connectivity index (χ2v) is 4.81. The molecule has 0 bridgehead atoms. The zero-order valence-electron chi connectivity index (χ0n) is 10.4. The van der Waals surface area contributed by atoms with Crippen LogP contribution in [0.15, 0.2) is 53.6 Å². The van der Waals surface area contributed by atoms with Crippen LogP contribution in [0.4, 0.5) is 0 Å². The largest absolute Gasteiger partial charge is 0.384 e. The molecule has 0 radical (unpaired) electrons. The van der Waals surface area contributed by atoms with Crippen LogP contribution in [0.25, 0.3) is 10.9 Å². The topological polar surface area (TPSA) is 66.0 Å². The highest BCUT2D eigenvalue weighted by Gasteiger charge is 2.18. The standard InChI is InChI=1S/C15H11ClN2O2/c16-11-7-6-10-13(17-8-18-15(10)20)12(11)14(19)9-4-2-1-3-5-9/h1-8,14,19H,(H,17,18,20). The van der Waals surface area contributed by atoms with Gasteiger partial charge in [-0.3, -0.25) is 4.79 Å². The Morgan fingerprint density at radius 3 is 2.65 bits per heavy atom. The molecule has 1 atom stereocenters. The summed E-state index contributed by atoms with van der Waals surface area (Å²) < 4.78 is 0. The minimum Gasteiger partial charge on any atom is -0.384 e. The molecule has 0 saturated heterocycles. The monoisotopic (exact) mass is 286 g/mol. The van der Waals surface area contributed by atoms with Gasteiger partial charge < -0.3 is 10.1 Å². The molecule has 0 fully saturated rings. The summed E-state index contributed by atoms with van der Waals surface area (Å²) in [6.07, 6.45) is 0.379. The Morgan fingerprint density at radius 1 is 1.15 bits per heavy atom. The first-order chi connectivity index (χ1) is 9.68. The minimum absolute atomic E-state index is 0.256. The van der Waals surface area contributed by atoms with Crippen molar-refractivity contribution in [3.05, 3.63) is 75.3 Å². The third kappa shape index (κ3) is 2.09. The first-order valence-corrected chi connectivity index (χ1v) is 6.45. The number of aromatic amines is 1. The highest BCUT2D eigenvalue weighted by Crippen LogP contribution is 2.32. The summed E-state index contributed by atoms with van der Waals surface area (Å²) >= 11 is 6.19. The van der Waals surface area contributed by atoms with Crippen molar-refractivity contribution in [3.8, 4) is 0 Å². The molecule has 20 heavy (non-hydrogen) atoms. The summed E-state index contributed by atoms with van der Waals surface area (Å²) in [5, 5.41) is 11.3. The number of benzene rings is 2. The molecule has 0 aliphatic rings. The molecule has 2 aromatic carbocycles. The molecule has 0 aliphatic heterocycles. The number of aromatic nitrogens is 2. The van der Waals surface area contributed by atoms with Crippen LogP contribution in [0.2, 0.25) is 5.02 Å². The molecule has 1 heterocycles. The van der Waals surface area contributed by atoms with Crippen molar-refractivity contribution in [2.45, 2.75) is 6.10 Å². The van der Waals surface area contributed by atoms with Gasteiger partial charge in [0.15, 0.2) is 0 Å². The summed E-state index contributed by atoms with van der Waals surface area (Å²) in [7, 11) is 0. The zero-order chi connectivity index (χ0) is 14.1. The van der Waals surface area contributed by atoms with Gasteiger partial charge in [0.05, 0.1) is 17.2 Å². The number of hydrogen-bond donors (Lipinski definition) is 2. The Labute approximate surface area is 119 Å². The van der Waals surface area contributed by atoms with Crippen molar-refractivity contribution >= 4 is 22.5 Å². The highest BCUT2D eigenvalue weighted by atomic mass is 35.5. The molecule has 5 heteroatoms. The van der Waals surface area contributed by atoms with Crippen LogP contribution < -0.4 is 5.56 Å². The molecule has 1 aromatic heterocycles. The molecule has 1 unspecified atom stereocenters. The van der Waals surface area contributed by atoms with E-state index in [1.807, 2.05) is 18.2 Å². The Kier molecular flexibility index (Phi) is 3.26. The maximum Gasteiger partial charge on any atom is 0.258 e. The summed E-state index contributed by atoms with van der Waals surface area (Å²) in [6.45, 7) is 0. The van der Waals surface area contributed by atoms with E-state index in [1.165, 1.54) is 6.33 Å². The molecule has 0 spiro atoms. The fourth-order valence-corrected chi connectivity index (χ4v) is 2.46. The predicted molar refractivity (Wildman–Crippen MR) is 77.9 cm³/mol. The minimum atomic E-state index is -0.929. The maximum atomic E-state index is 11.8. The van der Waals surface area contributed by atoms with E-state index in [9.17, 15) is 9.90 Å². The van der Waals surface area contributed by atoms with Gasteiger partial charge in [-0.2, -0.15) is 0 Å². The fraction of sp³-hybridized carbons (Fsp3) is 0.0667. The Hall–Kier alpha value is -2.17. The van der Waals surface area contributed by atoms with Crippen molar-refractivity contribution in [1.29, 1.82) is 0 Å². The van der Waals surface area contributed by atoms with E-state index < -0.39 is 6.10 Å².